The van der Waals surface area contributed by atoms with Crippen LogP contribution >= 0.6 is 12.2 Å². The summed E-state index contributed by atoms with van der Waals surface area (Å²) in [4.78, 5) is 0. The quantitative estimate of drug-likeness (QED) is 0.455. The highest BCUT2D eigenvalue weighted by molar-refractivity contribution is 7.80. The fourth-order valence-corrected chi connectivity index (χ4v) is 1.34. The number of nitrogens with zero attached hydrogens (tertiary/aromatic N) is 1. The first-order valence-electron chi connectivity index (χ1n) is 4.67. The van der Waals surface area contributed by atoms with Crippen molar-refractivity contribution in [3.63, 3.8) is 0 Å². The van der Waals surface area contributed by atoms with Gasteiger partial charge in [-0.1, -0.05) is 6.07 Å². The molecule has 0 unspecified atom stereocenters. The molecule has 0 atom stereocenters. The molecule has 0 saturated heterocycles. The van der Waals surface area contributed by atoms with Crippen LogP contribution in [-0.4, -0.2) is 11.3 Å². The van der Waals surface area contributed by atoms with Crippen molar-refractivity contribution in [2.75, 3.05) is 0 Å². The monoisotopic (exact) mass is 221 g/mol. The lowest BCUT2D eigenvalue weighted by Gasteiger charge is -2.05. The Hall–Kier alpha value is -1.42. The van der Waals surface area contributed by atoms with E-state index < -0.39 is 0 Å². The summed E-state index contributed by atoms with van der Waals surface area (Å²) < 4.78 is 0. The van der Waals surface area contributed by atoms with Gasteiger partial charge < -0.3 is 5.73 Å². The Morgan fingerprint density at radius 1 is 1.27 bits per heavy atom. The Morgan fingerprint density at radius 3 is 2.47 bits per heavy atom. The van der Waals surface area contributed by atoms with Gasteiger partial charge in [0, 0.05) is 0 Å². The molecule has 1 aromatic rings. The largest absolute Gasteiger partial charge is 0.375 e. The van der Waals surface area contributed by atoms with E-state index in [0.29, 0.717) is 0 Å². The minimum atomic E-state index is 0.174. The number of nitrogens with one attached hydrogen (secondary N) is 1. The van der Waals surface area contributed by atoms with Crippen LogP contribution in [0.25, 0.3) is 0 Å². The molecule has 1 aromatic carbocycles. The number of aryl methyl sites for hydroxylation is 3. The van der Waals surface area contributed by atoms with E-state index in [1.807, 2.05) is 0 Å². The lowest BCUT2D eigenvalue weighted by Crippen LogP contribution is -2.24. The van der Waals surface area contributed by atoms with Crippen molar-refractivity contribution in [3.8, 4) is 0 Å². The molecule has 0 bridgehead atoms. The summed E-state index contributed by atoms with van der Waals surface area (Å²) in [6, 6.07) is 4.23. The second kappa shape index (κ2) is 4.89. The van der Waals surface area contributed by atoms with Crippen LogP contribution in [0.2, 0.25) is 0 Å². The molecule has 1 rings (SSSR count). The highest BCUT2D eigenvalue weighted by atomic mass is 32.1. The van der Waals surface area contributed by atoms with Gasteiger partial charge in [-0.15, -0.1) is 0 Å². The topological polar surface area (TPSA) is 50.4 Å². The van der Waals surface area contributed by atoms with Crippen LogP contribution in [0.5, 0.6) is 0 Å². The summed E-state index contributed by atoms with van der Waals surface area (Å²) in [6.07, 6.45) is 1.72. The number of benzene rings is 1. The number of rotatable bonds is 2. The van der Waals surface area contributed by atoms with Crippen molar-refractivity contribution in [1.29, 1.82) is 0 Å². The maximum atomic E-state index is 5.26. The maximum absolute atomic E-state index is 5.26. The Labute approximate surface area is 95.4 Å². The molecule has 0 spiro atoms. The third-order valence-corrected chi connectivity index (χ3v) is 2.35. The van der Waals surface area contributed by atoms with Crippen LogP contribution < -0.4 is 11.2 Å². The third-order valence-electron chi connectivity index (χ3n) is 2.26. The molecule has 3 nitrogen and oxygen atoms in total. The molecule has 0 fully saturated rings. The first-order chi connectivity index (χ1) is 7.00. The first-order valence-corrected chi connectivity index (χ1v) is 5.08. The number of hydrogen-bond acceptors (Lipinski definition) is 2. The molecule has 0 aliphatic heterocycles. The normalized spacial score (nSPS) is 10.6. The van der Waals surface area contributed by atoms with E-state index in [4.69, 9.17) is 5.73 Å². The Kier molecular flexibility index (Phi) is 3.80. The molecule has 80 valence electrons. The van der Waals surface area contributed by atoms with Crippen LogP contribution in [0.3, 0.4) is 0 Å². The number of nitrogens with two attached hydrogens (primary N) is 1. The number of hydrazone groups is 1. The smallest absolute Gasteiger partial charge is 0.184 e. The van der Waals surface area contributed by atoms with Crippen LogP contribution in [0.1, 0.15) is 22.3 Å². The molecule has 0 heterocycles. The van der Waals surface area contributed by atoms with E-state index in [9.17, 15) is 0 Å². The zero-order valence-corrected chi connectivity index (χ0v) is 9.98. The fraction of sp³-hybridized carbons (Fsp3) is 0.273. The van der Waals surface area contributed by atoms with Gasteiger partial charge in [-0.05, 0) is 61.3 Å². The minimum Gasteiger partial charge on any atom is -0.375 e. The Morgan fingerprint density at radius 2 is 1.87 bits per heavy atom. The predicted octanol–water partition coefficient (Wildman–Crippen LogP) is 1.78. The van der Waals surface area contributed by atoms with E-state index in [0.717, 1.165) is 5.56 Å². The van der Waals surface area contributed by atoms with Crippen LogP contribution in [-0.2, 0) is 0 Å². The van der Waals surface area contributed by atoms with E-state index in [1.54, 1.807) is 6.21 Å². The molecule has 0 aromatic heterocycles. The standard InChI is InChI=1S/C11H15N3S/c1-7-4-9(3)10(5-8(7)2)6-13-14-11(12)15/h4-6H,1-3H3,(H3,12,14,15). The summed E-state index contributed by atoms with van der Waals surface area (Å²) >= 11 is 4.64. The van der Waals surface area contributed by atoms with E-state index >= 15 is 0 Å². The summed E-state index contributed by atoms with van der Waals surface area (Å²) in [5, 5.41) is 4.11. The van der Waals surface area contributed by atoms with E-state index in [-0.39, 0.29) is 5.11 Å². The molecule has 4 heteroatoms. The van der Waals surface area contributed by atoms with Crippen molar-refractivity contribution in [3.05, 3.63) is 34.4 Å². The first kappa shape index (κ1) is 11.7. The summed E-state index contributed by atoms with van der Waals surface area (Å²) in [7, 11) is 0. The summed E-state index contributed by atoms with van der Waals surface area (Å²) in [5.41, 5.74) is 12.6. The van der Waals surface area contributed by atoms with Gasteiger partial charge in [-0.25, -0.2) is 0 Å². The van der Waals surface area contributed by atoms with Crippen molar-refractivity contribution < 1.29 is 0 Å². The van der Waals surface area contributed by atoms with Crippen molar-refractivity contribution in [2.24, 2.45) is 10.8 Å². The van der Waals surface area contributed by atoms with Gasteiger partial charge in [0.25, 0.3) is 0 Å². The maximum Gasteiger partial charge on any atom is 0.184 e. The average Bonchev–Trinajstić information content (AvgIpc) is 2.13. The van der Waals surface area contributed by atoms with Gasteiger partial charge in [-0.2, -0.15) is 5.10 Å². The van der Waals surface area contributed by atoms with Gasteiger partial charge in [0.2, 0.25) is 0 Å². The van der Waals surface area contributed by atoms with Crippen LogP contribution in [0.4, 0.5) is 0 Å². The minimum absolute atomic E-state index is 0.174. The molecular formula is C11H15N3S. The van der Waals surface area contributed by atoms with E-state index in [1.165, 1.54) is 16.7 Å². The molecule has 15 heavy (non-hydrogen) atoms. The van der Waals surface area contributed by atoms with Gasteiger partial charge in [0.05, 0.1) is 6.21 Å². The number of hydrogen-bond donors (Lipinski definition) is 2. The molecule has 0 amide bonds. The van der Waals surface area contributed by atoms with Gasteiger partial charge >= 0.3 is 0 Å². The van der Waals surface area contributed by atoms with E-state index in [2.05, 4.69) is 55.6 Å². The van der Waals surface area contributed by atoms with Gasteiger partial charge in [0.15, 0.2) is 5.11 Å². The SMILES string of the molecule is Cc1cc(C)c(C=NNC(N)=S)cc1C. The lowest BCUT2D eigenvalue weighted by atomic mass is 10.0. The van der Waals surface area contributed by atoms with Crippen LogP contribution in [0, 0.1) is 20.8 Å². The zero-order valence-electron chi connectivity index (χ0n) is 9.16. The highest BCUT2D eigenvalue weighted by Crippen LogP contribution is 2.13. The van der Waals surface area contributed by atoms with Gasteiger partial charge in [0.1, 0.15) is 0 Å². The van der Waals surface area contributed by atoms with Crippen molar-refractivity contribution in [1.82, 2.24) is 5.43 Å². The highest BCUT2D eigenvalue weighted by Gasteiger charge is 1.98. The Balaban J connectivity index is 2.90. The van der Waals surface area contributed by atoms with Crippen molar-refractivity contribution in [2.45, 2.75) is 20.8 Å². The summed E-state index contributed by atoms with van der Waals surface area (Å²) in [6.45, 7) is 6.22. The molecule has 0 saturated carbocycles. The fourth-order valence-electron chi connectivity index (χ4n) is 1.29. The lowest BCUT2D eigenvalue weighted by molar-refractivity contribution is 1.04. The average molecular weight is 221 g/mol. The zero-order chi connectivity index (χ0) is 11.4. The molecule has 3 N–H and O–H groups in total. The predicted molar refractivity (Wildman–Crippen MR) is 68.2 cm³/mol. The summed E-state index contributed by atoms with van der Waals surface area (Å²) in [5.74, 6) is 0. The van der Waals surface area contributed by atoms with Crippen LogP contribution in [0.15, 0.2) is 17.2 Å². The van der Waals surface area contributed by atoms with Crippen molar-refractivity contribution >= 4 is 23.5 Å². The molecule has 0 aliphatic carbocycles. The number of thiocarbonyl (C=S) groups is 1. The second-order valence-electron chi connectivity index (χ2n) is 3.53. The second-order valence-corrected chi connectivity index (χ2v) is 3.97. The molecule has 0 radical (unpaired) electrons. The Bertz CT molecular complexity index is 411. The molecular weight excluding hydrogens is 206 g/mol. The molecule has 0 aliphatic rings. The van der Waals surface area contributed by atoms with Gasteiger partial charge in [-0.3, -0.25) is 5.43 Å². The third kappa shape index (κ3) is 3.32.